The fraction of sp³-hybridized carbons (Fsp3) is 0.636. The van der Waals surface area contributed by atoms with Crippen molar-refractivity contribution in [3.05, 3.63) is 23.8 Å². The van der Waals surface area contributed by atoms with Gasteiger partial charge in [-0.1, -0.05) is 33.3 Å². The highest BCUT2D eigenvalue weighted by molar-refractivity contribution is 5.76. The molecule has 28 heavy (non-hydrogen) atoms. The van der Waals surface area contributed by atoms with Crippen molar-refractivity contribution in [3.8, 4) is 11.5 Å². The molecule has 0 aromatic heterocycles. The number of carbonyl (C=O) groups is 2. The number of nitrogens with zero attached hydrogens (tertiary/aromatic N) is 1. The van der Waals surface area contributed by atoms with E-state index in [1.54, 1.807) is 24.1 Å². The number of amides is 2. The summed E-state index contributed by atoms with van der Waals surface area (Å²) in [5.41, 5.74) is 0.981. The number of carbonyl (C=O) groups excluding carboxylic acids is 2. The number of nitrogens with one attached hydrogen (secondary N) is 1. The second kappa shape index (κ2) is 12.3. The number of hydrogen-bond donors (Lipinski definition) is 1. The van der Waals surface area contributed by atoms with Crippen LogP contribution in [0.25, 0.3) is 0 Å². The van der Waals surface area contributed by atoms with Crippen LogP contribution < -0.4 is 14.8 Å². The molecular formula is C22H36N2O4. The lowest BCUT2D eigenvalue weighted by Gasteiger charge is -2.29. The number of methoxy groups -OCH3 is 1. The summed E-state index contributed by atoms with van der Waals surface area (Å²) in [7, 11) is 1.55. The van der Waals surface area contributed by atoms with Crippen LogP contribution in [-0.4, -0.2) is 43.1 Å². The third kappa shape index (κ3) is 8.19. The van der Waals surface area contributed by atoms with E-state index in [2.05, 4.69) is 26.1 Å². The van der Waals surface area contributed by atoms with Crippen molar-refractivity contribution < 1.29 is 19.1 Å². The SMILES string of the molecule is CCCCN(C(=O)Oc1cc(C)ccc1OC)C(C)CNC(=O)CCC(C)C. The summed E-state index contributed by atoms with van der Waals surface area (Å²) in [6.07, 6.45) is 2.76. The number of aryl methyl sites for hydroxylation is 1. The van der Waals surface area contributed by atoms with Crippen LogP contribution in [0.4, 0.5) is 4.79 Å². The molecule has 1 rings (SSSR count). The van der Waals surface area contributed by atoms with E-state index < -0.39 is 6.09 Å². The first kappa shape index (κ1) is 23.8. The van der Waals surface area contributed by atoms with E-state index in [0.717, 1.165) is 24.8 Å². The molecule has 0 bridgehead atoms. The van der Waals surface area contributed by atoms with Crippen molar-refractivity contribution in [1.29, 1.82) is 0 Å². The summed E-state index contributed by atoms with van der Waals surface area (Å²) in [6, 6.07) is 5.30. The predicted octanol–water partition coefficient (Wildman–Crippen LogP) is 4.55. The minimum absolute atomic E-state index is 0.0183. The van der Waals surface area contributed by atoms with E-state index in [1.165, 1.54) is 0 Å². The Hall–Kier alpha value is -2.24. The highest BCUT2D eigenvalue weighted by Crippen LogP contribution is 2.28. The van der Waals surface area contributed by atoms with Gasteiger partial charge in [0.05, 0.1) is 7.11 Å². The monoisotopic (exact) mass is 392 g/mol. The Morgan fingerprint density at radius 2 is 1.89 bits per heavy atom. The van der Waals surface area contributed by atoms with Crippen molar-refractivity contribution in [2.45, 2.75) is 66.3 Å². The Morgan fingerprint density at radius 1 is 1.18 bits per heavy atom. The van der Waals surface area contributed by atoms with Crippen molar-refractivity contribution >= 4 is 12.0 Å². The maximum atomic E-state index is 12.8. The van der Waals surface area contributed by atoms with Gasteiger partial charge in [-0.3, -0.25) is 4.79 Å². The molecule has 6 heteroatoms. The fourth-order valence-corrected chi connectivity index (χ4v) is 2.72. The highest BCUT2D eigenvalue weighted by atomic mass is 16.6. The average Bonchev–Trinajstić information content (AvgIpc) is 2.65. The van der Waals surface area contributed by atoms with Crippen molar-refractivity contribution in [2.75, 3.05) is 20.2 Å². The zero-order chi connectivity index (χ0) is 21.1. The van der Waals surface area contributed by atoms with E-state index in [4.69, 9.17) is 9.47 Å². The molecule has 6 nitrogen and oxygen atoms in total. The number of benzene rings is 1. The van der Waals surface area contributed by atoms with Gasteiger partial charge in [-0.05, 0) is 50.3 Å². The third-order valence-corrected chi connectivity index (χ3v) is 4.58. The molecular weight excluding hydrogens is 356 g/mol. The summed E-state index contributed by atoms with van der Waals surface area (Å²) in [5.74, 6) is 1.43. The van der Waals surface area contributed by atoms with Crippen LogP contribution in [0.2, 0.25) is 0 Å². The Labute approximate surface area is 169 Å². The minimum Gasteiger partial charge on any atom is -0.493 e. The van der Waals surface area contributed by atoms with Gasteiger partial charge in [-0.2, -0.15) is 0 Å². The molecule has 2 amide bonds. The number of unbranched alkanes of at least 4 members (excludes halogenated alkanes) is 1. The highest BCUT2D eigenvalue weighted by Gasteiger charge is 2.23. The van der Waals surface area contributed by atoms with Crippen LogP contribution in [-0.2, 0) is 4.79 Å². The quantitative estimate of drug-likeness (QED) is 0.600. The zero-order valence-electron chi connectivity index (χ0n) is 18.2. The molecule has 1 aromatic rings. The molecule has 1 aromatic carbocycles. The third-order valence-electron chi connectivity index (χ3n) is 4.58. The van der Waals surface area contributed by atoms with Crippen molar-refractivity contribution in [2.24, 2.45) is 5.92 Å². The molecule has 0 aliphatic heterocycles. The number of hydrogen-bond acceptors (Lipinski definition) is 4. The Morgan fingerprint density at radius 3 is 2.50 bits per heavy atom. The van der Waals surface area contributed by atoms with Gasteiger partial charge < -0.3 is 19.7 Å². The Bertz CT molecular complexity index is 631. The Balaban J connectivity index is 2.76. The molecule has 0 aliphatic rings. The van der Waals surface area contributed by atoms with Gasteiger partial charge in [0.1, 0.15) is 0 Å². The lowest BCUT2D eigenvalue weighted by molar-refractivity contribution is -0.121. The summed E-state index contributed by atoms with van der Waals surface area (Å²) in [5, 5.41) is 2.93. The Kier molecular flexibility index (Phi) is 10.4. The molecule has 158 valence electrons. The predicted molar refractivity (Wildman–Crippen MR) is 112 cm³/mol. The molecule has 0 radical (unpaired) electrons. The molecule has 1 atom stereocenters. The average molecular weight is 393 g/mol. The van der Waals surface area contributed by atoms with Gasteiger partial charge in [0.2, 0.25) is 5.91 Å². The minimum atomic E-state index is -0.429. The van der Waals surface area contributed by atoms with Crippen LogP contribution in [0, 0.1) is 12.8 Å². The number of rotatable bonds is 11. The van der Waals surface area contributed by atoms with E-state index in [0.29, 0.717) is 36.9 Å². The second-order valence-electron chi connectivity index (χ2n) is 7.65. The molecule has 0 aliphatic carbocycles. The van der Waals surface area contributed by atoms with Gasteiger partial charge in [0, 0.05) is 25.6 Å². The van der Waals surface area contributed by atoms with Gasteiger partial charge >= 0.3 is 6.09 Å². The lowest BCUT2D eigenvalue weighted by Crippen LogP contribution is -2.47. The molecule has 0 fully saturated rings. The largest absolute Gasteiger partial charge is 0.493 e. The van der Waals surface area contributed by atoms with Crippen LogP contribution in [0.3, 0.4) is 0 Å². The molecule has 0 saturated heterocycles. The lowest BCUT2D eigenvalue weighted by atomic mass is 10.1. The van der Waals surface area contributed by atoms with Crippen LogP contribution in [0.1, 0.15) is 58.9 Å². The first-order valence-electron chi connectivity index (χ1n) is 10.2. The maximum Gasteiger partial charge on any atom is 0.415 e. The van der Waals surface area contributed by atoms with E-state index in [1.807, 2.05) is 19.9 Å². The van der Waals surface area contributed by atoms with Crippen LogP contribution in [0.15, 0.2) is 18.2 Å². The summed E-state index contributed by atoms with van der Waals surface area (Å²) >= 11 is 0. The van der Waals surface area contributed by atoms with Gasteiger partial charge in [0.15, 0.2) is 11.5 Å². The zero-order valence-corrected chi connectivity index (χ0v) is 18.2. The van der Waals surface area contributed by atoms with E-state index in [-0.39, 0.29) is 11.9 Å². The molecule has 1 unspecified atom stereocenters. The number of ether oxygens (including phenoxy) is 2. The van der Waals surface area contributed by atoms with Crippen molar-refractivity contribution in [3.63, 3.8) is 0 Å². The second-order valence-corrected chi connectivity index (χ2v) is 7.65. The topological polar surface area (TPSA) is 67.9 Å². The molecule has 0 heterocycles. The molecule has 0 saturated carbocycles. The maximum absolute atomic E-state index is 12.8. The molecule has 1 N–H and O–H groups in total. The van der Waals surface area contributed by atoms with Crippen LogP contribution in [0.5, 0.6) is 11.5 Å². The van der Waals surface area contributed by atoms with Gasteiger partial charge in [-0.25, -0.2) is 4.79 Å². The van der Waals surface area contributed by atoms with Crippen molar-refractivity contribution in [1.82, 2.24) is 10.2 Å². The first-order valence-corrected chi connectivity index (χ1v) is 10.2. The van der Waals surface area contributed by atoms with E-state index in [9.17, 15) is 9.59 Å². The smallest absolute Gasteiger partial charge is 0.415 e. The van der Waals surface area contributed by atoms with Crippen LogP contribution >= 0.6 is 0 Å². The summed E-state index contributed by atoms with van der Waals surface area (Å²) in [4.78, 5) is 26.5. The normalized spacial score (nSPS) is 11.8. The summed E-state index contributed by atoms with van der Waals surface area (Å²) in [6.45, 7) is 11.1. The summed E-state index contributed by atoms with van der Waals surface area (Å²) < 4.78 is 10.9. The molecule has 0 spiro atoms. The first-order chi connectivity index (χ1) is 13.3. The van der Waals surface area contributed by atoms with E-state index >= 15 is 0 Å². The van der Waals surface area contributed by atoms with Gasteiger partial charge in [0.25, 0.3) is 0 Å². The van der Waals surface area contributed by atoms with Gasteiger partial charge in [-0.15, -0.1) is 0 Å². The standard InChI is InChI=1S/C22H36N2O4/c1-7-8-13-24(18(5)15-23-21(25)12-9-16(2)3)22(26)28-20-14-17(4)10-11-19(20)27-6/h10-11,14,16,18H,7-9,12-13,15H2,1-6H3,(H,23,25). The fourth-order valence-electron chi connectivity index (χ4n) is 2.72.